The van der Waals surface area contributed by atoms with Crippen LogP contribution in [0.3, 0.4) is 0 Å². The minimum atomic E-state index is -0.110. The normalized spacial score (nSPS) is 45.9. The van der Waals surface area contributed by atoms with Crippen molar-refractivity contribution in [1.82, 2.24) is 5.32 Å². The molecule has 1 spiro atoms. The van der Waals surface area contributed by atoms with Crippen LogP contribution >= 0.6 is 0 Å². The van der Waals surface area contributed by atoms with Gasteiger partial charge in [-0.1, -0.05) is 20.3 Å². The van der Waals surface area contributed by atoms with E-state index in [1.165, 1.54) is 12.8 Å². The molecule has 3 nitrogen and oxygen atoms in total. The van der Waals surface area contributed by atoms with Crippen LogP contribution < -0.4 is 11.1 Å². The topological polar surface area (TPSA) is 55.1 Å². The number of primary amides is 1. The monoisotopic (exact) mass is 210 g/mol. The van der Waals surface area contributed by atoms with Gasteiger partial charge in [-0.2, -0.15) is 0 Å². The quantitative estimate of drug-likeness (QED) is 0.681. The Labute approximate surface area is 91.8 Å². The maximum atomic E-state index is 11.5. The van der Waals surface area contributed by atoms with E-state index >= 15 is 0 Å². The molecule has 0 aromatic rings. The van der Waals surface area contributed by atoms with Crippen molar-refractivity contribution in [2.45, 2.75) is 33.1 Å². The van der Waals surface area contributed by atoms with Gasteiger partial charge in [0.15, 0.2) is 0 Å². The molecule has 2 aliphatic rings. The van der Waals surface area contributed by atoms with Crippen molar-refractivity contribution >= 4 is 5.91 Å². The van der Waals surface area contributed by atoms with Crippen molar-refractivity contribution in [3.05, 3.63) is 0 Å². The summed E-state index contributed by atoms with van der Waals surface area (Å²) in [6.45, 7) is 6.34. The number of carbonyl (C=O) groups excluding carboxylic acids is 1. The lowest BCUT2D eigenvalue weighted by Gasteiger charge is -2.45. The fraction of sp³-hybridized carbons (Fsp3) is 0.917. The summed E-state index contributed by atoms with van der Waals surface area (Å²) in [4.78, 5) is 11.5. The van der Waals surface area contributed by atoms with Gasteiger partial charge >= 0.3 is 0 Å². The first-order valence-electron chi connectivity index (χ1n) is 6.06. The van der Waals surface area contributed by atoms with Crippen LogP contribution in [-0.4, -0.2) is 19.0 Å². The summed E-state index contributed by atoms with van der Waals surface area (Å²) < 4.78 is 0. The molecule has 1 heterocycles. The second-order valence-corrected chi connectivity index (χ2v) is 5.61. The second kappa shape index (κ2) is 3.78. The van der Waals surface area contributed by atoms with E-state index in [1.807, 2.05) is 0 Å². The van der Waals surface area contributed by atoms with Crippen LogP contribution in [0.25, 0.3) is 0 Å². The van der Waals surface area contributed by atoms with Gasteiger partial charge in [0.05, 0.1) is 5.92 Å². The van der Waals surface area contributed by atoms with Crippen LogP contribution in [0.4, 0.5) is 0 Å². The highest BCUT2D eigenvalue weighted by molar-refractivity contribution is 5.78. The van der Waals surface area contributed by atoms with E-state index in [9.17, 15) is 4.79 Å². The largest absolute Gasteiger partial charge is 0.369 e. The summed E-state index contributed by atoms with van der Waals surface area (Å²) in [6, 6.07) is 0. The first-order chi connectivity index (χ1) is 7.06. The van der Waals surface area contributed by atoms with Crippen LogP contribution in [0, 0.1) is 23.2 Å². The summed E-state index contributed by atoms with van der Waals surface area (Å²) in [6.07, 6.45) is 3.70. The fourth-order valence-corrected chi connectivity index (χ4v) is 3.67. The standard InChI is InChI=1S/C12H22N2O/c1-8-3-4-9(2)12(5-8)7-14-6-10(12)11(13)15/h8-10,14H,3-7H2,1-2H3,(H2,13,15). The molecule has 0 radical (unpaired) electrons. The lowest BCUT2D eigenvalue weighted by atomic mass is 9.59. The third-order valence-corrected chi connectivity index (χ3v) is 4.64. The first-order valence-corrected chi connectivity index (χ1v) is 6.06. The van der Waals surface area contributed by atoms with E-state index in [-0.39, 0.29) is 17.2 Å². The van der Waals surface area contributed by atoms with Gasteiger partial charge in [0.1, 0.15) is 0 Å². The number of amides is 1. The molecule has 1 saturated heterocycles. The van der Waals surface area contributed by atoms with Crippen molar-refractivity contribution in [3.63, 3.8) is 0 Å². The van der Waals surface area contributed by atoms with Crippen LogP contribution in [0.5, 0.6) is 0 Å². The molecular formula is C12H22N2O. The molecule has 0 aromatic heterocycles. The molecule has 2 rings (SSSR count). The van der Waals surface area contributed by atoms with Gasteiger partial charge in [-0.05, 0) is 30.1 Å². The molecule has 1 saturated carbocycles. The summed E-state index contributed by atoms with van der Waals surface area (Å²) in [5, 5.41) is 3.36. The predicted octanol–water partition coefficient (Wildman–Crippen LogP) is 1.13. The number of hydrogen-bond donors (Lipinski definition) is 2. The van der Waals surface area contributed by atoms with Crippen molar-refractivity contribution in [2.24, 2.45) is 28.9 Å². The Hall–Kier alpha value is -0.570. The Morgan fingerprint density at radius 1 is 1.40 bits per heavy atom. The van der Waals surface area contributed by atoms with Crippen LogP contribution in [0.1, 0.15) is 33.1 Å². The van der Waals surface area contributed by atoms with E-state index in [1.54, 1.807) is 0 Å². The Kier molecular flexibility index (Phi) is 2.75. The van der Waals surface area contributed by atoms with Crippen LogP contribution in [0.15, 0.2) is 0 Å². The Morgan fingerprint density at radius 3 is 2.80 bits per heavy atom. The molecule has 0 bridgehead atoms. The molecule has 1 aliphatic carbocycles. The zero-order valence-corrected chi connectivity index (χ0v) is 9.75. The van der Waals surface area contributed by atoms with E-state index in [4.69, 9.17) is 5.73 Å². The van der Waals surface area contributed by atoms with Gasteiger partial charge in [0.2, 0.25) is 5.91 Å². The Bertz CT molecular complexity index is 266. The first kappa shape index (κ1) is 10.9. The van der Waals surface area contributed by atoms with E-state index < -0.39 is 0 Å². The molecule has 0 aromatic carbocycles. The molecule has 1 amide bonds. The zero-order valence-electron chi connectivity index (χ0n) is 9.75. The van der Waals surface area contributed by atoms with Gasteiger partial charge in [-0.15, -0.1) is 0 Å². The summed E-state index contributed by atoms with van der Waals surface area (Å²) in [7, 11) is 0. The summed E-state index contributed by atoms with van der Waals surface area (Å²) in [5.41, 5.74) is 5.69. The van der Waals surface area contributed by atoms with Crippen molar-refractivity contribution < 1.29 is 4.79 Å². The van der Waals surface area contributed by atoms with Gasteiger partial charge < -0.3 is 11.1 Å². The minimum absolute atomic E-state index is 0.0512. The maximum Gasteiger partial charge on any atom is 0.222 e. The number of hydrogen-bond acceptors (Lipinski definition) is 2. The maximum absolute atomic E-state index is 11.5. The van der Waals surface area contributed by atoms with E-state index in [0.29, 0.717) is 5.92 Å². The molecular weight excluding hydrogens is 188 g/mol. The van der Waals surface area contributed by atoms with Crippen molar-refractivity contribution in [1.29, 1.82) is 0 Å². The zero-order chi connectivity index (χ0) is 11.1. The van der Waals surface area contributed by atoms with E-state index in [2.05, 4.69) is 19.2 Å². The molecule has 4 atom stereocenters. The second-order valence-electron chi connectivity index (χ2n) is 5.61. The van der Waals surface area contributed by atoms with Gasteiger partial charge in [-0.25, -0.2) is 0 Å². The SMILES string of the molecule is CC1CCC(C)C2(CNCC2C(N)=O)C1. The van der Waals surface area contributed by atoms with Crippen molar-refractivity contribution in [2.75, 3.05) is 13.1 Å². The number of nitrogens with two attached hydrogens (primary N) is 1. The summed E-state index contributed by atoms with van der Waals surface area (Å²) in [5.74, 6) is 1.31. The molecule has 1 aliphatic heterocycles. The average Bonchev–Trinajstić information content (AvgIpc) is 2.57. The highest BCUT2D eigenvalue weighted by atomic mass is 16.1. The third kappa shape index (κ3) is 1.67. The number of carbonyl (C=O) groups is 1. The van der Waals surface area contributed by atoms with Crippen molar-refractivity contribution in [3.8, 4) is 0 Å². The van der Waals surface area contributed by atoms with Crippen LogP contribution in [0.2, 0.25) is 0 Å². The number of rotatable bonds is 1. The molecule has 3 N–H and O–H groups in total. The molecule has 4 unspecified atom stereocenters. The molecule has 15 heavy (non-hydrogen) atoms. The molecule has 86 valence electrons. The Morgan fingerprint density at radius 2 is 2.13 bits per heavy atom. The van der Waals surface area contributed by atoms with E-state index in [0.717, 1.165) is 25.4 Å². The highest BCUT2D eigenvalue weighted by Crippen LogP contribution is 2.50. The van der Waals surface area contributed by atoms with Gasteiger partial charge in [0, 0.05) is 13.1 Å². The third-order valence-electron chi connectivity index (χ3n) is 4.64. The molecule has 3 heteroatoms. The van der Waals surface area contributed by atoms with Gasteiger partial charge in [-0.3, -0.25) is 4.79 Å². The lowest BCUT2D eigenvalue weighted by molar-refractivity contribution is -0.126. The molecule has 2 fully saturated rings. The fourth-order valence-electron chi connectivity index (χ4n) is 3.67. The lowest BCUT2D eigenvalue weighted by Crippen LogP contribution is -2.46. The Balaban J connectivity index is 2.25. The average molecular weight is 210 g/mol. The predicted molar refractivity (Wildman–Crippen MR) is 60.2 cm³/mol. The van der Waals surface area contributed by atoms with Crippen LogP contribution in [-0.2, 0) is 4.79 Å². The highest BCUT2D eigenvalue weighted by Gasteiger charge is 2.51. The van der Waals surface area contributed by atoms with Gasteiger partial charge in [0.25, 0.3) is 0 Å². The summed E-state index contributed by atoms with van der Waals surface area (Å²) >= 11 is 0. The number of nitrogens with one attached hydrogen (secondary N) is 1. The minimum Gasteiger partial charge on any atom is -0.369 e. The smallest absolute Gasteiger partial charge is 0.222 e.